The Morgan fingerprint density at radius 1 is 1.25 bits per heavy atom. The van der Waals surface area contributed by atoms with E-state index in [4.69, 9.17) is 0 Å². The van der Waals surface area contributed by atoms with E-state index in [-0.39, 0.29) is 0 Å². The highest BCUT2D eigenvalue weighted by Gasteiger charge is 2.37. The molecule has 2 unspecified atom stereocenters. The summed E-state index contributed by atoms with van der Waals surface area (Å²) in [5.41, 5.74) is 2.85. The maximum atomic E-state index is 3.78. The third-order valence-corrected chi connectivity index (χ3v) is 4.04. The summed E-state index contributed by atoms with van der Waals surface area (Å²) in [4.78, 5) is 0. The van der Waals surface area contributed by atoms with Crippen molar-refractivity contribution in [3.63, 3.8) is 0 Å². The van der Waals surface area contributed by atoms with Gasteiger partial charge in [-0.05, 0) is 30.9 Å². The quantitative estimate of drug-likeness (QED) is 0.694. The Hall–Kier alpha value is -1.18. The largest absolute Gasteiger partial charge is 0.381 e. The molecule has 1 spiro atoms. The van der Waals surface area contributed by atoms with Gasteiger partial charge in [0, 0.05) is 6.54 Å². The van der Waals surface area contributed by atoms with Crippen LogP contribution in [0.5, 0.6) is 0 Å². The maximum Gasteiger partial charge on any atom is 0.0580 e. The zero-order valence-corrected chi connectivity index (χ0v) is 9.92. The average Bonchev–Trinajstić information content (AvgIpc) is 2.28. The van der Waals surface area contributed by atoms with Crippen molar-refractivity contribution >= 4 is 11.4 Å². The number of fused-ring (bicyclic) bond motifs is 1. The van der Waals surface area contributed by atoms with E-state index in [1.165, 1.54) is 37.1 Å². The summed E-state index contributed by atoms with van der Waals surface area (Å²) in [7, 11) is 0. The highest BCUT2D eigenvalue weighted by atomic mass is 15.1. The Labute approximate surface area is 97.4 Å². The summed E-state index contributed by atoms with van der Waals surface area (Å²) < 4.78 is 0. The monoisotopic (exact) mass is 216 g/mol. The molecule has 1 aliphatic heterocycles. The fraction of sp³-hybridized carbons (Fsp3) is 0.571. The van der Waals surface area contributed by atoms with E-state index in [1.54, 1.807) is 0 Å². The van der Waals surface area contributed by atoms with Crippen LogP contribution in [0.15, 0.2) is 24.3 Å². The molecule has 2 nitrogen and oxygen atoms in total. The van der Waals surface area contributed by atoms with Crippen LogP contribution < -0.4 is 10.6 Å². The Kier molecular flexibility index (Phi) is 2.31. The first-order valence-corrected chi connectivity index (χ1v) is 6.39. The summed E-state index contributed by atoms with van der Waals surface area (Å²) in [5.74, 6) is 0.855. The van der Waals surface area contributed by atoms with E-state index >= 15 is 0 Å². The van der Waals surface area contributed by atoms with Gasteiger partial charge in [-0.1, -0.05) is 31.9 Å². The number of benzene rings is 1. The SMILES string of the molecule is CC1CCCC2(CNc3ccccc3N2)C1. The minimum absolute atomic E-state index is 0.312. The van der Waals surface area contributed by atoms with Crippen LogP contribution in [0.3, 0.4) is 0 Å². The van der Waals surface area contributed by atoms with Gasteiger partial charge in [0.25, 0.3) is 0 Å². The molecule has 1 aliphatic carbocycles. The normalized spacial score (nSPS) is 32.7. The minimum atomic E-state index is 0.312. The predicted octanol–water partition coefficient (Wildman–Crippen LogP) is 3.47. The highest BCUT2D eigenvalue weighted by Crippen LogP contribution is 2.39. The fourth-order valence-electron chi connectivity index (χ4n) is 3.27. The summed E-state index contributed by atoms with van der Waals surface area (Å²) in [6.07, 6.45) is 5.36. The molecule has 2 N–H and O–H groups in total. The van der Waals surface area contributed by atoms with Crippen molar-refractivity contribution in [1.29, 1.82) is 0 Å². The Bertz CT molecular complexity index is 388. The van der Waals surface area contributed by atoms with Gasteiger partial charge in [-0.25, -0.2) is 0 Å². The lowest BCUT2D eigenvalue weighted by molar-refractivity contribution is 0.266. The van der Waals surface area contributed by atoms with Gasteiger partial charge < -0.3 is 10.6 Å². The van der Waals surface area contributed by atoms with Gasteiger partial charge >= 0.3 is 0 Å². The second-order valence-electron chi connectivity index (χ2n) is 5.51. The van der Waals surface area contributed by atoms with Gasteiger partial charge in [-0.2, -0.15) is 0 Å². The van der Waals surface area contributed by atoms with E-state index in [2.05, 4.69) is 41.8 Å². The molecule has 0 amide bonds. The predicted molar refractivity (Wildman–Crippen MR) is 68.9 cm³/mol. The lowest BCUT2D eigenvalue weighted by Gasteiger charge is -2.45. The van der Waals surface area contributed by atoms with Crippen molar-refractivity contribution in [3.8, 4) is 0 Å². The Morgan fingerprint density at radius 3 is 2.88 bits per heavy atom. The smallest absolute Gasteiger partial charge is 0.0580 e. The van der Waals surface area contributed by atoms with E-state index < -0.39 is 0 Å². The molecule has 2 aliphatic rings. The molecule has 0 bridgehead atoms. The van der Waals surface area contributed by atoms with Crippen LogP contribution in [0, 0.1) is 5.92 Å². The summed E-state index contributed by atoms with van der Waals surface area (Å²) in [5, 5.41) is 7.36. The topological polar surface area (TPSA) is 24.1 Å². The fourth-order valence-corrected chi connectivity index (χ4v) is 3.27. The Balaban J connectivity index is 1.86. The molecule has 0 saturated heterocycles. The van der Waals surface area contributed by atoms with Gasteiger partial charge in [0.1, 0.15) is 0 Å². The molecule has 1 aromatic rings. The number of para-hydroxylation sites is 2. The highest BCUT2D eigenvalue weighted by molar-refractivity contribution is 5.72. The lowest BCUT2D eigenvalue weighted by atomic mass is 9.75. The molecule has 1 fully saturated rings. The van der Waals surface area contributed by atoms with Crippen LogP contribution in [0.25, 0.3) is 0 Å². The van der Waals surface area contributed by atoms with Crippen LogP contribution in [-0.2, 0) is 0 Å². The van der Waals surface area contributed by atoms with Gasteiger partial charge in [-0.3, -0.25) is 0 Å². The van der Waals surface area contributed by atoms with E-state index in [0.29, 0.717) is 5.54 Å². The molecule has 3 rings (SSSR count). The van der Waals surface area contributed by atoms with Gasteiger partial charge in [0.2, 0.25) is 0 Å². The zero-order chi connectivity index (χ0) is 11.0. The average molecular weight is 216 g/mol. The first-order valence-electron chi connectivity index (χ1n) is 6.39. The molecular weight excluding hydrogens is 196 g/mol. The second kappa shape index (κ2) is 3.69. The molecule has 2 heteroatoms. The number of hydrogen-bond acceptors (Lipinski definition) is 2. The van der Waals surface area contributed by atoms with E-state index in [1.807, 2.05) is 0 Å². The third kappa shape index (κ3) is 1.66. The van der Waals surface area contributed by atoms with Crippen LogP contribution in [0.1, 0.15) is 32.6 Å². The molecule has 1 saturated carbocycles. The van der Waals surface area contributed by atoms with Crippen molar-refractivity contribution in [2.24, 2.45) is 5.92 Å². The van der Waals surface area contributed by atoms with Crippen LogP contribution in [0.2, 0.25) is 0 Å². The number of hydrogen-bond donors (Lipinski definition) is 2. The zero-order valence-electron chi connectivity index (χ0n) is 9.92. The van der Waals surface area contributed by atoms with Crippen LogP contribution in [0.4, 0.5) is 11.4 Å². The van der Waals surface area contributed by atoms with Crippen LogP contribution in [-0.4, -0.2) is 12.1 Å². The van der Waals surface area contributed by atoms with Crippen molar-refractivity contribution in [2.45, 2.75) is 38.1 Å². The van der Waals surface area contributed by atoms with Crippen molar-refractivity contribution < 1.29 is 0 Å². The number of rotatable bonds is 0. The molecule has 1 heterocycles. The molecular formula is C14H20N2. The summed E-state index contributed by atoms with van der Waals surface area (Å²) in [6, 6.07) is 8.54. The second-order valence-corrected chi connectivity index (χ2v) is 5.51. The molecule has 1 aromatic carbocycles. The maximum absolute atomic E-state index is 3.78. The summed E-state index contributed by atoms with van der Waals surface area (Å²) in [6.45, 7) is 3.46. The number of anilines is 2. The molecule has 86 valence electrons. The van der Waals surface area contributed by atoms with Crippen molar-refractivity contribution in [2.75, 3.05) is 17.2 Å². The van der Waals surface area contributed by atoms with Gasteiger partial charge in [0.05, 0.1) is 16.9 Å². The molecule has 16 heavy (non-hydrogen) atoms. The van der Waals surface area contributed by atoms with Crippen molar-refractivity contribution in [3.05, 3.63) is 24.3 Å². The minimum Gasteiger partial charge on any atom is -0.381 e. The molecule has 2 atom stereocenters. The number of nitrogens with one attached hydrogen (secondary N) is 2. The van der Waals surface area contributed by atoms with E-state index in [9.17, 15) is 0 Å². The lowest BCUT2D eigenvalue weighted by Crippen LogP contribution is -2.50. The third-order valence-electron chi connectivity index (χ3n) is 4.04. The van der Waals surface area contributed by atoms with Gasteiger partial charge in [-0.15, -0.1) is 0 Å². The summed E-state index contributed by atoms with van der Waals surface area (Å²) >= 11 is 0. The standard InChI is InChI=1S/C14H20N2/c1-11-5-4-8-14(9-11)10-15-12-6-2-3-7-13(12)16-14/h2-3,6-7,11,15-16H,4-5,8-10H2,1H3. The van der Waals surface area contributed by atoms with Crippen LogP contribution >= 0.6 is 0 Å². The first-order chi connectivity index (χ1) is 7.77. The first kappa shape index (κ1) is 10.0. The van der Waals surface area contributed by atoms with Gasteiger partial charge in [0.15, 0.2) is 0 Å². The molecule has 0 aromatic heterocycles. The Morgan fingerprint density at radius 2 is 2.06 bits per heavy atom. The van der Waals surface area contributed by atoms with Crippen molar-refractivity contribution in [1.82, 2.24) is 0 Å². The molecule has 0 radical (unpaired) electrons. The van der Waals surface area contributed by atoms with E-state index in [0.717, 1.165) is 12.5 Å².